The third-order valence-electron chi connectivity index (χ3n) is 7.20. The number of amides is 1. The van der Waals surface area contributed by atoms with Gasteiger partial charge in [-0.3, -0.25) is 24.0 Å². The normalized spacial score (nSPS) is 16.5. The molecule has 0 radical (unpaired) electrons. The first-order valence-electron chi connectivity index (χ1n) is 12.7. The van der Waals surface area contributed by atoms with Crippen molar-refractivity contribution < 1.29 is 27.0 Å². The molecule has 3 N–H and O–H groups in total. The first-order valence-corrected chi connectivity index (χ1v) is 14.5. The standard InChI is InChI=1S/C29H23FN4O2.CH4O3S/c1-3-33-22-12-6-4-9-17(22)18-15-21(32-16-25(18)33)27(35)29(2)26-20(31)11-8-14-24(26)34(28(29)36)23-13-7-5-10-19(23)30;1-5(2,3)4/h4-16H,3,31H2,1-2H3;1H3,(H,2,3,4)/t29-;/m0./s1. The van der Waals surface area contributed by atoms with E-state index in [-0.39, 0.29) is 11.4 Å². The van der Waals surface area contributed by atoms with Crippen molar-refractivity contribution in [3.63, 3.8) is 0 Å². The molecule has 0 bridgehead atoms. The minimum atomic E-state index is -3.67. The number of nitrogens with two attached hydrogens (primary N) is 1. The molecule has 0 spiro atoms. The molecule has 0 unspecified atom stereocenters. The molecule has 11 heteroatoms. The lowest BCUT2D eigenvalue weighted by Gasteiger charge is -2.23. The van der Waals surface area contributed by atoms with Gasteiger partial charge in [0, 0.05) is 34.1 Å². The van der Waals surface area contributed by atoms with Crippen molar-refractivity contribution in [2.24, 2.45) is 0 Å². The molecule has 5 aromatic rings. The van der Waals surface area contributed by atoms with Crippen LogP contribution in [0.1, 0.15) is 29.9 Å². The molecule has 1 atom stereocenters. The van der Waals surface area contributed by atoms with Crippen molar-refractivity contribution in [2.75, 3.05) is 16.9 Å². The van der Waals surface area contributed by atoms with Crippen LogP contribution in [0.15, 0.2) is 79.0 Å². The number of hydrogen-bond donors (Lipinski definition) is 2. The Hall–Kier alpha value is -4.61. The molecular weight excluding hydrogens is 547 g/mol. The molecule has 3 aromatic carbocycles. The number of fused-ring (bicyclic) bond motifs is 4. The molecule has 1 aliphatic rings. The number of carbonyl (C=O) groups is 2. The number of anilines is 3. The maximum Gasteiger partial charge on any atom is 0.261 e. The zero-order valence-corrected chi connectivity index (χ0v) is 23.3. The highest BCUT2D eigenvalue weighted by atomic mass is 32.2. The Balaban J connectivity index is 0.000000623. The highest BCUT2D eigenvalue weighted by Gasteiger charge is 2.55. The van der Waals surface area contributed by atoms with E-state index >= 15 is 0 Å². The summed E-state index contributed by atoms with van der Waals surface area (Å²) in [6.45, 7) is 4.35. The molecular formula is C30H27FN4O5S. The quantitative estimate of drug-likeness (QED) is 0.129. The minimum absolute atomic E-state index is 0.0697. The number of para-hydroxylation sites is 2. The number of ketones is 1. The summed E-state index contributed by atoms with van der Waals surface area (Å²) < 4.78 is 42.8. The number of rotatable bonds is 4. The van der Waals surface area contributed by atoms with Gasteiger partial charge in [0.2, 0.25) is 11.7 Å². The van der Waals surface area contributed by atoms with Crippen molar-refractivity contribution in [1.82, 2.24) is 9.55 Å². The molecule has 210 valence electrons. The van der Waals surface area contributed by atoms with E-state index in [9.17, 15) is 22.4 Å². The van der Waals surface area contributed by atoms with Crippen molar-refractivity contribution >= 4 is 60.7 Å². The van der Waals surface area contributed by atoms with E-state index in [1.807, 2.05) is 24.3 Å². The summed E-state index contributed by atoms with van der Waals surface area (Å²) in [6, 6.07) is 20.7. The highest BCUT2D eigenvalue weighted by molar-refractivity contribution is 7.85. The van der Waals surface area contributed by atoms with Gasteiger partial charge in [-0.25, -0.2) is 4.39 Å². The van der Waals surface area contributed by atoms with Crippen LogP contribution in [0.3, 0.4) is 0 Å². The molecule has 0 saturated carbocycles. The van der Waals surface area contributed by atoms with Crippen molar-refractivity contribution in [2.45, 2.75) is 25.8 Å². The largest absolute Gasteiger partial charge is 0.398 e. The van der Waals surface area contributed by atoms with Crippen molar-refractivity contribution in [3.05, 3.63) is 96.1 Å². The highest BCUT2D eigenvalue weighted by Crippen LogP contribution is 2.50. The second-order valence-electron chi connectivity index (χ2n) is 9.87. The van der Waals surface area contributed by atoms with Crippen LogP contribution in [0, 0.1) is 5.82 Å². The lowest BCUT2D eigenvalue weighted by Crippen LogP contribution is -2.43. The van der Waals surface area contributed by atoms with Crippen LogP contribution in [0.4, 0.5) is 21.5 Å². The van der Waals surface area contributed by atoms with E-state index in [2.05, 4.69) is 16.5 Å². The summed E-state index contributed by atoms with van der Waals surface area (Å²) in [7, 11) is -3.67. The van der Waals surface area contributed by atoms with E-state index in [0.717, 1.165) is 28.4 Å². The number of Topliss-reactive ketones (excluding diaryl/α,β-unsaturated/α-hetero) is 1. The van der Waals surface area contributed by atoms with Crippen molar-refractivity contribution in [1.29, 1.82) is 0 Å². The number of carbonyl (C=O) groups excluding carboxylic acids is 2. The van der Waals surface area contributed by atoms with Gasteiger partial charge >= 0.3 is 0 Å². The molecule has 1 amide bonds. The zero-order valence-electron chi connectivity index (χ0n) is 22.5. The SMILES string of the molecule is CCn1c2ccccc2c2cc(C(=O)[C@@]3(C)C(=O)N(c4ccccc4F)c4cccc(N)c43)ncc21.CS(=O)(=O)O. The lowest BCUT2D eigenvalue weighted by molar-refractivity contribution is -0.120. The first kappa shape index (κ1) is 27.9. The zero-order chi connectivity index (χ0) is 29.7. The number of nitrogen functional groups attached to an aromatic ring is 1. The summed E-state index contributed by atoms with van der Waals surface area (Å²) >= 11 is 0. The van der Waals surface area contributed by atoms with Gasteiger partial charge in [0.1, 0.15) is 16.9 Å². The Kier molecular flexibility index (Phi) is 6.88. The minimum Gasteiger partial charge on any atom is -0.398 e. The van der Waals surface area contributed by atoms with E-state index in [1.165, 1.54) is 17.0 Å². The maximum atomic E-state index is 14.8. The number of halogens is 1. The van der Waals surface area contributed by atoms with Gasteiger partial charge in [-0.2, -0.15) is 8.42 Å². The molecule has 1 aliphatic heterocycles. The number of pyridine rings is 1. The number of benzene rings is 3. The molecule has 2 aromatic heterocycles. The molecule has 41 heavy (non-hydrogen) atoms. The van der Waals surface area contributed by atoms with Gasteiger partial charge in [-0.05, 0) is 50.2 Å². The summed E-state index contributed by atoms with van der Waals surface area (Å²) in [5.41, 5.74) is 7.89. The average Bonchev–Trinajstić information content (AvgIpc) is 3.37. The second-order valence-corrected chi connectivity index (χ2v) is 11.3. The van der Waals surface area contributed by atoms with Gasteiger partial charge in [0.25, 0.3) is 10.1 Å². The van der Waals surface area contributed by atoms with Gasteiger partial charge in [-0.1, -0.05) is 36.4 Å². The predicted molar refractivity (Wildman–Crippen MR) is 156 cm³/mol. The molecule has 6 rings (SSSR count). The topological polar surface area (TPSA) is 136 Å². The van der Waals surface area contributed by atoms with Gasteiger partial charge in [-0.15, -0.1) is 0 Å². The monoisotopic (exact) mass is 574 g/mol. The van der Waals surface area contributed by atoms with Gasteiger partial charge in [0.05, 0.1) is 29.3 Å². The van der Waals surface area contributed by atoms with Crippen LogP contribution in [0.25, 0.3) is 21.8 Å². The molecule has 0 saturated heterocycles. The lowest BCUT2D eigenvalue weighted by atomic mass is 9.77. The Morgan fingerprint density at radius 3 is 2.32 bits per heavy atom. The van der Waals surface area contributed by atoms with Crippen LogP contribution in [0.2, 0.25) is 0 Å². The fourth-order valence-electron chi connectivity index (χ4n) is 5.48. The van der Waals surface area contributed by atoms with E-state index in [1.54, 1.807) is 49.5 Å². The number of nitrogens with zero attached hydrogens (tertiary/aromatic N) is 3. The molecule has 0 aliphatic carbocycles. The summed E-state index contributed by atoms with van der Waals surface area (Å²) in [6.07, 6.45) is 2.39. The van der Waals surface area contributed by atoms with Crippen LogP contribution in [-0.2, 0) is 26.9 Å². The number of aryl methyl sites for hydroxylation is 1. The van der Waals surface area contributed by atoms with Crippen LogP contribution in [0.5, 0.6) is 0 Å². The Bertz CT molecular complexity index is 1960. The molecule has 9 nitrogen and oxygen atoms in total. The summed E-state index contributed by atoms with van der Waals surface area (Å²) in [4.78, 5) is 33.9. The van der Waals surface area contributed by atoms with Crippen LogP contribution >= 0.6 is 0 Å². The van der Waals surface area contributed by atoms with E-state index < -0.39 is 33.0 Å². The Labute approximate surface area is 235 Å². The third-order valence-corrected chi connectivity index (χ3v) is 7.20. The first-order chi connectivity index (χ1) is 19.4. The Morgan fingerprint density at radius 2 is 1.63 bits per heavy atom. The molecule has 3 heterocycles. The summed E-state index contributed by atoms with van der Waals surface area (Å²) in [5, 5.41) is 1.88. The average molecular weight is 575 g/mol. The van der Waals surface area contributed by atoms with Crippen LogP contribution in [-0.4, -0.2) is 40.5 Å². The van der Waals surface area contributed by atoms with Crippen molar-refractivity contribution in [3.8, 4) is 0 Å². The third kappa shape index (κ3) is 4.62. The van der Waals surface area contributed by atoms with Crippen LogP contribution < -0.4 is 10.6 Å². The number of hydrogen-bond acceptors (Lipinski definition) is 6. The summed E-state index contributed by atoms with van der Waals surface area (Å²) in [5.74, 6) is -1.62. The fraction of sp³-hybridized carbons (Fsp3) is 0.167. The Morgan fingerprint density at radius 1 is 1.00 bits per heavy atom. The number of aromatic nitrogens is 2. The molecule has 0 fully saturated rings. The van der Waals surface area contributed by atoms with E-state index in [0.29, 0.717) is 23.2 Å². The van der Waals surface area contributed by atoms with E-state index in [4.69, 9.17) is 10.3 Å². The van der Waals surface area contributed by atoms with Gasteiger partial charge < -0.3 is 10.3 Å². The smallest absolute Gasteiger partial charge is 0.261 e. The van der Waals surface area contributed by atoms with Gasteiger partial charge in [0.15, 0.2) is 0 Å². The predicted octanol–water partition coefficient (Wildman–Crippen LogP) is 5.25. The second kappa shape index (κ2) is 10.1. The maximum absolute atomic E-state index is 14.8. The fourth-order valence-corrected chi connectivity index (χ4v) is 5.48.